The third kappa shape index (κ3) is 5.43. The van der Waals surface area contributed by atoms with Crippen LogP contribution >= 0.6 is 0 Å². The summed E-state index contributed by atoms with van der Waals surface area (Å²) in [5.74, 6) is 0.220. The van der Waals surface area contributed by atoms with Crippen molar-refractivity contribution in [2.45, 2.75) is 19.3 Å². The van der Waals surface area contributed by atoms with Gasteiger partial charge in [-0.3, -0.25) is 0 Å². The highest BCUT2D eigenvalue weighted by Gasteiger charge is 2.23. The second-order valence-electron chi connectivity index (χ2n) is 5.83. The molecule has 0 aromatic heterocycles. The third-order valence-electron chi connectivity index (χ3n) is 3.58. The summed E-state index contributed by atoms with van der Waals surface area (Å²) >= 11 is 0. The van der Waals surface area contributed by atoms with Crippen LogP contribution in [0.3, 0.4) is 0 Å². The molecule has 0 aliphatic rings. The van der Waals surface area contributed by atoms with Crippen molar-refractivity contribution in [1.82, 2.24) is 0 Å². The van der Waals surface area contributed by atoms with Crippen molar-refractivity contribution >= 4 is 20.6 Å². The van der Waals surface area contributed by atoms with Gasteiger partial charge >= 0.3 is 20.6 Å². The molecule has 10 heteroatoms. The first-order valence-corrected chi connectivity index (χ1v) is 9.97. The molecule has 0 spiro atoms. The zero-order valence-corrected chi connectivity index (χ0v) is 15.2. The van der Waals surface area contributed by atoms with Gasteiger partial charge in [-0.15, -0.1) is 0 Å². The maximum atomic E-state index is 10.9. The third-order valence-corrected chi connectivity index (χ3v) is 4.43. The molecular formula is C15H18N2O6S2. The summed E-state index contributed by atoms with van der Waals surface area (Å²) in [6, 6.07) is 12.9. The van der Waals surface area contributed by atoms with Gasteiger partial charge in [-0.25, -0.2) is 0 Å². The Morgan fingerprint density at radius 2 is 0.960 bits per heavy atom. The predicted octanol–water partition coefficient (Wildman–Crippen LogP) is 1.18. The summed E-state index contributed by atoms with van der Waals surface area (Å²) in [6.07, 6.45) is 0. The molecule has 0 heterocycles. The second-order valence-corrected chi connectivity index (χ2v) is 8.13. The quantitative estimate of drug-likeness (QED) is 0.764. The van der Waals surface area contributed by atoms with E-state index in [0.29, 0.717) is 0 Å². The molecular weight excluding hydrogens is 368 g/mol. The Kier molecular flexibility index (Phi) is 5.09. The molecule has 136 valence electrons. The van der Waals surface area contributed by atoms with Gasteiger partial charge in [-0.2, -0.15) is 27.1 Å². The molecule has 0 bridgehead atoms. The minimum absolute atomic E-state index is 0.110. The topological polar surface area (TPSA) is 139 Å². The highest BCUT2D eigenvalue weighted by Crippen LogP contribution is 2.33. The molecule has 0 fully saturated rings. The van der Waals surface area contributed by atoms with Gasteiger partial charge in [-0.05, 0) is 35.4 Å². The molecule has 0 aliphatic carbocycles. The van der Waals surface area contributed by atoms with Crippen LogP contribution in [0, 0.1) is 0 Å². The molecule has 0 radical (unpaired) electrons. The Morgan fingerprint density at radius 3 is 1.20 bits per heavy atom. The zero-order valence-electron chi connectivity index (χ0n) is 13.5. The minimum atomic E-state index is -4.07. The number of hydrogen-bond donors (Lipinski definition) is 2. The van der Waals surface area contributed by atoms with Crippen LogP contribution in [0.4, 0.5) is 0 Å². The lowest BCUT2D eigenvalue weighted by Gasteiger charge is -2.26. The predicted molar refractivity (Wildman–Crippen MR) is 92.5 cm³/mol. The van der Waals surface area contributed by atoms with Crippen LogP contribution in [0.5, 0.6) is 11.5 Å². The van der Waals surface area contributed by atoms with Crippen molar-refractivity contribution in [3.8, 4) is 11.5 Å². The number of rotatable bonds is 6. The highest BCUT2D eigenvalue weighted by atomic mass is 32.2. The lowest BCUT2D eigenvalue weighted by molar-refractivity contribution is 0.486. The van der Waals surface area contributed by atoms with E-state index in [2.05, 4.69) is 8.37 Å². The van der Waals surface area contributed by atoms with Crippen LogP contribution in [0.25, 0.3) is 0 Å². The lowest BCUT2D eigenvalue weighted by Crippen LogP contribution is -2.21. The second kappa shape index (κ2) is 6.64. The molecule has 8 nitrogen and oxygen atoms in total. The fourth-order valence-electron chi connectivity index (χ4n) is 2.29. The Morgan fingerprint density at radius 1 is 0.680 bits per heavy atom. The lowest BCUT2D eigenvalue weighted by atomic mass is 9.78. The van der Waals surface area contributed by atoms with Crippen molar-refractivity contribution in [2.75, 3.05) is 0 Å². The van der Waals surface area contributed by atoms with Crippen molar-refractivity contribution < 1.29 is 25.2 Å². The van der Waals surface area contributed by atoms with Gasteiger partial charge in [0, 0.05) is 5.41 Å². The highest BCUT2D eigenvalue weighted by molar-refractivity contribution is 7.85. The van der Waals surface area contributed by atoms with Crippen LogP contribution in [0.2, 0.25) is 0 Å². The smallest absolute Gasteiger partial charge is 0.371 e. The van der Waals surface area contributed by atoms with Gasteiger partial charge in [0.25, 0.3) is 0 Å². The first kappa shape index (κ1) is 19.2. The molecule has 0 amide bonds. The molecule has 0 unspecified atom stereocenters. The van der Waals surface area contributed by atoms with Gasteiger partial charge in [-0.1, -0.05) is 38.1 Å². The molecule has 0 saturated carbocycles. The first-order chi connectivity index (χ1) is 11.4. The number of hydrogen-bond acceptors (Lipinski definition) is 6. The van der Waals surface area contributed by atoms with Crippen molar-refractivity contribution in [1.29, 1.82) is 0 Å². The summed E-state index contributed by atoms with van der Waals surface area (Å²) in [5, 5.41) is 9.65. The zero-order chi connectivity index (χ0) is 18.9. The summed E-state index contributed by atoms with van der Waals surface area (Å²) in [5.41, 5.74) is 1.32. The Hall–Kier alpha value is -2.14. The van der Waals surface area contributed by atoms with Crippen molar-refractivity contribution in [3.05, 3.63) is 59.7 Å². The van der Waals surface area contributed by atoms with Crippen LogP contribution in [-0.2, 0) is 26.0 Å². The van der Waals surface area contributed by atoms with E-state index >= 15 is 0 Å². The molecule has 0 atom stereocenters. The van der Waals surface area contributed by atoms with Crippen LogP contribution in [0.15, 0.2) is 48.5 Å². The first-order valence-electron chi connectivity index (χ1n) is 7.02. The van der Waals surface area contributed by atoms with E-state index in [9.17, 15) is 16.8 Å². The van der Waals surface area contributed by atoms with Crippen molar-refractivity contribution in [2.24, 2.45) is 10.3 Å². The van der Waals surface area contributed by atoms with Crippen LogP contribution < -0.4 is 18.6 Å². The van der Waals surface area contributed by atoms with E-state index in [0.717, 1.165) is 11.1 Å². The largest absolute Gasteiger partial charge is 0.380 e. The van der Waals surface area contributed by atoms with E-state index in [4.69, 9.17) is 10.3 Å². The van der Waals surface area contributed by atoms with Crippen LogP contribution in [0.1, 0.15) is 25.0 Å². The van der Waals surface area contributed by atoms with E-state index < -0.39 is 26.0 Å². The van der Waals surface area contributed by atoms with E-state index in [1.165, 1.54) is 24.3 Å². The average molecular weight is 386 g/mol. The van der Waals surface area contributed by atoms with Gasteiger partial charge in [0.05, 0.1) is 0 Å². The minimum Gasteiger partial charge on any atom is -0.371 e. The molecule has 0 saturated heterocycles. The summed E-state index contributed by atoms with van der Waals surface area (Å²) < 4.78 is 52.9. The summed E-state index contributed by atoms with van der Waals surface area (Å²) in [6.45, 7) is 3.91. The van der Waals surface area contributed by atoms with Crippen LogP contribution in [-0.4, -0.2) is 16.8 Å². The van der Waals surface area contributed by atoms with Gasteiger partial charge in [0.1, 0.15) is 11.5 Å². The summed E-state index contributed by atoms with van der Waals surface area (Å²) in [4.78, 5) is 0. The Balaban J connectivity index is 2.25. The Labute approximate surface area is 146 Å². The van der Waals surface area contributed by atoms with Crippen molar-refractivity contribution in [3.63, 3.8) is 0 Å². The van der Waals surface area contributed by atoms with Gasteiger partial charge < -0.3 is 8.37 Å². The summed E-state index contributed by atoms with van der Waals surface area (Å²) in [7, 11) is -8.14. The molecule has 4 N–H and O–H groups in total. The molecule has 2 aromatic carbocycles. The average Bonchev–Trinajstić information content (AvgIpc) is 2.45. The number of benzene rings is 2. The standard InChI is InChI=1S/C15H18N2O6S2/c1-15(2,11-3-7-13(8-4-11)22-24(16,18)19)12-5-9-14(10-6-12)23-25(17,20)21/h3-10H,1-2H3,(H2,16,18,19)(H2,17,20,21). The molecule has 25 heavy (non-hydrogen) atoms. The molecule has 2 aromatic rings. The van der Waals surface area contributed by atoms with Gasteiger partial charge in [0.2, 0.25) is 0 Å². The Bertz CT molecular complexity index is 871. The number of nitrogens with two attached hydrogens (primary N) is 2. The molecule has 2 rings (SSSR count). The van der Waals surface area contributed by atoms with E-state index in [-0.39, 0.29) is 11.5 Å². The fourth-order valence-corrected chi connectivity index (χ4v) is 3.05. The van der Waals surface area contributed by atoms with E-state index in [1.54, 1.807) is 24.3 Å². The molecule has 0 aliphatic heterocycles. The normalized spacial score (nSPS) is 12.6. The maximum absolute atomic E-state index is 10.9. The SMILES string of the molecule is CC(C)(c1ccc(OS(N)(=O)=O)cc1)c1ccc(OS(N)(=O)=O)cc1. The fraction of sp³-hybridized carbons (Fsp3) is 0.200. The van der Waals surface area contributed by atoms with Gasteiger partial charge in [0.15, 0.2) is 0 Å². The van der Waals surface area contributed by atoms with E-state index in [1.807, 2.05) is 13.8 Å². The maximum Gasteiger partial charge on any atom is 0.380 e. The monoisotopic (exact) mass is 386 g/mol.